The van der Waals surface area contributed by atoms with Crippen molar-refractivity contribution in [3.63, 3.8) is 0 Å². The average Bonchev–Trinajstić information content (AvgIpc) is 2.99. The molecule has 2 aromatic rings. The number of nitrogens with zero attached hydrogens (tertiary/aromatic N) is 2. The van der Waals surface area contributed by atoms with Crippen LogP contribution in [0.15, 0.2) is 36.7 Å². The third-order valence-corrected chi connectivity index (χ3v) is 4.62. The molecule has 0 radical (unpaired) electrons. The van der Waals surface area contributed by atoms with Crippen LogP contribution in [0.5, 0.6) is 0 Å². The lowest BCUT2D eigenvalue weighted by Gasteiger charge is -2.27. The first-order valence-corrected chi connectivity index (χ1v) is 7.98. The standard InChI is InChI=1S/C17H21FN4/c18-13-10-16(21-8-1-5-20-12-21)15-4-9-22(17(15)11-13)14-2-6-19-7-3-14/h1,4,8-11,14,19-20H,2-3,5-7,12H2. The first-order chi connectivity index (χ1) is 10.8. The number of hydrogen-bond acceptors (Lipinski definition) is 3. The maximum absolute atomic E-state index is 14.2. The van der Waals surface area contributed by atoms with E-state index in [4.69, 9.17) is 0 Å². The van der Waals surface area contributed by atoms with E-state index in [9.17, 15) is 4.39 Å². The minimum absolute atomic E-state index is 0.171. The number of fused-ring (bicyclic) bond motifs is 1. The van der Waals surface area contributed by atoms with Crippen molar-refractivity contribution in [2.75, 3.05) is 31.2 Å². The molecule has 1 aromatic carbocycles. The minimum Gasteiger partial charge on any atom is -0.344 e. The second-order valence-electron chi connectivity index (χ2n) is 6.03. The molecule has 1 saturated heterocycles. The summed E-state index contributed by atoms with van der Waals surface area (Å²) in [7, 11) is 0. The first kappa shape index (κ1) is 13.8. The molecule has 2 N–H and O–H groups in total. The van der Waals surface area contributed by atoms with Crippen molar-refractivity contribution in [1.82, 2.24) is 15.2 Å². The molecule has 1 aromatic heterocycles. The van der Waals surface area contributed by atoms with Gasteiger partial charge in [0.1, 0.15) is 5.82 Å². The lowest BCUT2D eigenvalue weighted by atomic mass is 10.1. The van der Waals surface area contributed by atoms with Crippen molar-refractivity contribution >= 4 is 16.6 Å². The van der Waals surface area contributed by atoms with Crippen LogP contribution in [-0.4, -0.2) is 30.9 Å². The van der Waals surface area contributed by atoms with Gasteiger partial charge in [0, 0.05) is 30.4 Å². The van der Waals surface area contributed by atoms with Crippen LogP contribution in [0.1, 0.15) is 18.9 Å². The summed E-state index contributed by atoms with van der Waals surface area (Å²) in [5.74, 6) is -0.171. The smallest absolute Gasteiger partial charge is 0.127 e. The molecule has 0 atom stereocenters. The Labute approximate surface area is 129 Å². The molecule has 116 valence electrons. The minimum atomic E-state index is -0.171. The Morgan fingerprint density at radius 3 is 2.77 bits per heavy atom. The van der Waals surface area contributed by atoms with Gasteiger partial charge in [-0.3, -0.25) is 5.32 Å². The van der Waals surface area contributed by atoms with E-state index >= 15 is 0 Å². The van der Waals surface area contributed by atoms with Gasteiger partial charge in [0.05, 0.1) is 17.9 Å². The van der Waals surface area contributed by atoms with Crippen molar-refractivity contribution in [1.29, 1.82) is 0 Å². The molecule has 0 saturated carbocycles. The van der Waals surface area contributed by atoms with Crippen LogP contribution in [-0.2, 0) is 0 Å². The maximum atomic E-state index is 14.2. The molecule has 0 spiro atoms. The zero-order chi connectivity index (χ0) is 14.9. The lowest BCUT2D eigenvalue weighted by Crippen LogP contribution is -2.34. The largest absolute Gasteiger partial charge is 0.344 e. The van der Waals surface area contributed by atoms with Gasteiger partial charge in [-0.05, 0) is 44.1 Å². The Balaban J connectivity index is 1.80. The molecular formula is C17H21FN4. The van der Waals surface area contributed by atoms with E-state index in [1.807, 2.05) is 6.20 Å². The van der Waals surface area contributed by atoms with Gasteiger partial charge in [0.15, 0.2) is 0 Å². The molecule has 2 aliphatic heterocycles. The van der Waals surface area contributed by atoms with E-state index in [0.717, 1.165) is 49.1 Å². The number of hydrogen-bond donors (Lipinski definition) is 2. The monoisotopic (exact) mass is 300 g/mol. The van der Waals surface area contributed by atoms with Gasteiger partial charge in [-0.1, -0.05) is 6.08 Å². The highest BCUT2D eigenvalue weighted by atomic mass is 19.1. The second-order valence-corrected chi connectivity index (χ2v) is 6.03. The van der Waals surface area contributed by atoms with Gasteiger partial charge in [-0.25, -0.2) is 4.39 Å². The predicted octanol–water partition coefficient (Wildman–Crippen LogP) is 2.59. The van der Waals surface area contributed by atoms with Crippen LogP contribution in [0, 0.1) is 5.82 Å². The van der Waals surface area contributed by atoms with Crippen molar-refractivity contribution < 1.29 is 4.39 Å². The Morgan fingerprint density at radius 1 is 1.14 bits per heavy atom. The number of piperidine rings is 1. The molecule has 3 heterocycles. The summed E-state index contributed by atoms with van der Waals surface area (Å²) in [6.45, 7) is 3.65. The molecule has 4 nitrogen and oxygen atoms in total. The number of aromatic nitrogens is 1. The summed E-state index contributed by atoms with van der Waals surface area (Å²) in [5.41, 5.74) is 1.94. The number of anilines is 1. The number of halogens is 1. The predicted molar refractivity (Wildman–Crippen MR) is 87.5 cm³/mol. The molecule has 0 bridgehead atoms. The van der Waals surface area contributed by atoms with Gasteiger partial charge in [-0.2, -0.15) is 0 Å². The molecule has 0 amide bonds. The first-order valence-electron chi connectivity index (χ1n) is 7.98. The topological polar surface area (TPSA) is 32.2 Å². The van der Waals surface area contributed by atoms with Crippen molar-refractivity contribution in [2.24, 2.45) is 0 Å². The number of nitrogens with one attached hydrogen (secondary N) is 2. The van der Waals surface area contributed by atoms with Crippen molar-refractivity contribution in [2.45, 2.75) is 18.9 Å². The molecule has 2 aliphatic rings. The third kappa shape index (κ3) is 2.40. The Bertz CT molecular complexity index is 700. The Hall–Kier alpha value is -1.85. The van der Waals surface area contributed by atoms with Crippen LogP contribution in [0.25, 0.3) is 10.9 Å². The fourth-order valence-electron chi connectivity index (χ4n) is 3.52. The summed E-state index contributed by atoms with van der Waals surface area (Å²) >= 11 is 0. The summed E-state index contributed by atoms with van der Waals surface area (Å²) in [6.07, 6.45) is 8.41. The van der Waals surface area contributed by atoms with E-state index in [1.54, 1.807) is 12.1 Å². The van der Waals surface area contributed by atoms with E-state index in [1.165, 1.54) is 0 Å². The molecular weight excluding hydrogens is 279 g/mol. The Kier molecular flexibility index (Phi) is 3.60. The highest BCUT2D eigenvalue weighted by Crippen LogP contribution is 2.33. The fraction of sp³-hybridized carbons (Fsp3) is 0.412. The average molecular weight is 300 g/mol. The van der Waals surface area contributed by atoms with Crippen LogP contribution in [0.2, 0.25) is 0 Å². The normalized spacial score (nSPS) is 20.0. The summed E-state index contributed by atoms with van der Waals surface area (Å²) < 4.78 is 16.4. The number of benzene rings is 1. The fourth-order valence-corrected chi connectivity index (χ4v) is 3.52. The van der Waals surface area contributed by atoms with Crippen LogP contribution in [0.4, 0.5) is 10.1 Å². The molecule has 1 fully saturated rings. The highest BCUT2D eigenvalue weighted by Gasteiger charge is 2.19. The quantitative estimate of drug-likeness (QED) is 0.894. The molecule has 4 rings (SSSR count). The Morgan fingerprint density at radius 2 is 2.00 bits per heavy atom. The zero-order valence-electron chi connectivity index (χ0n) is 12.6. The maximum Gasteiger partial charge on any atom is 0.127 e. The van der Waals surface area contributed by atoms with E-state index in [2.05, 4.69) is 38.4 Å². The molecule has 5 heteroatoms. The van der Waals surface area contributed by atoms with Crippen molar-refractivity contribution in [3.8, 4) is 0 Å². The van der Waals surface area contributed by atoms with E-state index < -0.39 is 0 Å². The highest BCUT2D eigenvalue weighted by molar-refractivity contribution is 5.93. The van der Waals surface area contributed by atoms with Crippen molar-refractivity contribution in [3.05, 3.63) is 42.5 Å². The third-order valence-electron chi connectivity index (χ3n) is 4.62. The van der Waals surface area contributed by atoms with Gasteiger partial charge < -0.3 is 14.8 Å². The van der Waals surface area contributed by atoms with Crippen LogP contribution < -0.4 is 15.5 Å². The second kappa shape index (κ2) is 5.74. The SMILES string of the molecule is Fc1cc(N2C=CCNC2)c2ccn(C3CCNCC3)c2c1. The lowest BCUT2D eigenvalue weighted by molar-refractivity contribution is 0.376. The van der Waals surface area contributed by atoms with Crippen LogP contribution >= 0.6 is 0 Å². The molecule has 0 aliphatic carbocycles. The van der Waals surface area contributed by atoms with Gasteiger partial charge in [0.2, 0.25) is 0 Å². The molecule has 0 unspecified atom stereocenters. The number of rotatable bonds is 2. The van der Waals surface area contributed by atoms with Gasteiger partial charge in [-0.15, -0.1) is 0 Å². The summed E-state index contributed by atoms with van der Waals surface area (Å²) in [6, 6.07) is 5.88. The van der Waals surface area contributed by atoms with E-state index in [0.29, 0.717) is 12.7 Å². The van der Waals surface area contributed by atoms with E-state index in [-0.39, 0.29) is 5.82 Å². The van der Waals surface area contributed by atoms with Gasteiger partial charge >= 0.3 is 0 Å². The molecule has 22 heavy (non-hydrogen) atoms. The van der Waals surface area contributed by atoms with Crippen LogP contribution in [0.3, 0.4) is 0 Å². The summed E-state index contributed by atoms with van der Waals surface area (Å²) in [5, 5.41) is 7.79. The zero-order valence-corrected chi connectivity index (χ0v) is 12.6. The summed E-state index contributed by atoms with van der Waals surface area (Å²) in [4.78, 5) is 2.07. The van der Waals surface area contributed by atoms with Gasteiger partial charge in [0.25, 0.3) is 0 Å².